The van der Waals surface area contributed by atoms with Crippen LogP contribution in [-0.4, -0.2) is 19.5 Å². The minimum atomic E-state index is -0.156. The Hall–Kier alpha value is -1.19. The molecule has 0 saturated heterocycles. The van der Waals surface area contributed by atoms with Crippen LogP contribution >= 0.6 is 0 Å². The van der Waals surface area contributed by atoms with Gasteiger partial charge in [-0.1, -0.05) is 6.92 Å². The minimum absolute atomic E-state index is 0.156. The van der Waals surface area contributed by atoms with E-state index in [-0.39, 0.29) is 5.91 Å². The van der Waals surface area contributed by atoms with Crippen molar-refractivity contribution in [3.63, 3.8) is 0 Å². The van der Waals surface area contributed by atoms with Crippen LogP contribution < -0.4 is 16.4 Å². The monoisotopic (exact) mass is 157 g/mol. The number of nitrogens with one attached hydrogen (secondary N) is 2. The van der Waals surface area contributed by atoms with Crippen LogP contribution in [0.5, 0.6) is 0 Å². The summed E-state index contributed by atoms with van der Waals surface area (Å²) in [5, 5.41) is 5.37. The van der Waals surface area contributed by atoms with Crippen molar-refractivity contribution < 1.29 is 4.79 Å². The summed E-state index contributed by atoms with van der Waals surface area (Å²) in [5.41, 5.74) is 5.57. The molecule has 0 aromatic rings. The Morgan fingerprint density at radius 1 is 1.64 bits per heavy atom. The van der Waals surface area contributed by atoms with E-state index in [0.29, 0.717) is 12.2 Å². The maximum atomic E-state index is 11.0. The number of nitrogens with two attached hydrogens (primary N) is 1. The number of hydrogen-bond donors (Lipinski definition) is 3. The molecule has 1 amide bonds. The van der Waals surface area contributed by atoms with Gasteiger partial charge in [-0.3, -0.25) is 4.79 Å². The highest BCUT2D eigenvalue weighted by molar-refractivity contribution is 5.92. The molecule has 4 nitrogen and oxygen atoms in total. The van der Waals surface area contributed by atoms with Crippen molar-refractivity contribution in [2.75, 3.05) is 13.6 Å². The molecule has 4 heteroatoms. The standard InChI is InChI=1S/C7H15N3O/c1-3-4-10-7(11)6(5-8)9-2/h5,9H,3-4,8H2,1-2H3,(H,10,11)/b6-5-. The SMILES string of the molecule is CCCNC(=O)/C(=C/N)NC. The summed E-state index contributed by atoms with van der Waals surface area (Å²) in [4.78, 5) is 11.0. The lowest BCUT2D eigenvalue weighted by molar-refractivity contribution is -0.117. The largest absolute Gasteiger partial charge is 0.403 e. The second-order valence-electron chi connectivity index (χ2n) is 2.09. The van der Waals surface area contributed by atoms with E-state index in [1.165, 1.54) is 6.20 Å². The Balaban J connectivity index is 3.81. The van der Waals surface area contributed by atoms with Crippen molar-refractivity contribution >= 4 is 5.91 Å². The fourth-order valence-corrected chi connectivity index (χ4v) is 0.606. The molecule has 0 aromatic carbocycles. The second-order valence-corrected chi connectivity index (χ2v) is 2.09. The molecule has 0 aliphatic carbocycles. The van der Waals surface area contributed by atoms with E-state index in [4.69, 9.17) is 5.73 Å². The highest BCUT2D eigenvalue weighted by Crippen LogP contribution is 1.83. The second kappa shape index (κ2) is 5.58. The highest BCUT2D eigenvalue weighted by atomic mass is 16.2. The lowest BCUT2D eigenvalue weighted by Crippen LogP contribution is -2.31. The van der Waals surface area contributed by atoms with Crippen molar-refractivity contribution in [3.8, 4) is 0 Å². The Morgan fingerprint density at radius 3 is 2.64 bits per heavy atom. The zero-order valence-corrected chi connectivity index (χ0v) is 6.98. The number of amides is 1. The van der Waals surface area contributed by atoms with Gasteiger partial charge in [-0.25, -0.2) is 0 Å². The third-order valence-electron chi connectivity index (χ3n) is 1.22. The molecule has 64 valence electrons. The normalized spacial score (nSPS) is 10.9. The van der Waals surface area contributed by atoms with Gasteiger partial charge in [-0.15, -0.1) is 0 Å². The highest BCUT2D eigenvalue weighted by Gasteiger charge is 2.03. The summed E-state index contributed by atoms with van der Waals surface area (Å²) >= 11 is 0. The van der Waals surface area contributed by atoms with Gasteiger partial charge in [0.1, 0.15) is 5.70 Å². The minimum Gasteiger partial charge on any atom is -0.403 e. The van der Waals surface area contributed by atoms with E-state index in [9.17, 15) is 4.79 Å². The van der Waals surface area contributed by atoms with Gasteiger partial charge in [0.05, 0.1) is 0 Å². The fraction of sp³-hybridized carbons (Fsp3) is 0.571. The molecule has 0 heterocycles. The summed E-state index contributed by atoms with van der Waals surface area (Å²) in [7, 11) is 1.66. The van der Waals surface area contributed by atoms with Gasteiger partial charge in [0, 0.05) is 19.8 Å². The lowest BCUT2D eigenvalue weighted by atomic mass is 10.4. The molecule has 0 rings (SSSR count). The summed E-state index contributed by atoms with van der Waals surface area (Å²) in [6.45, 7) is 2.67. The van der Waals surface area contributed by atoms with Crippen molar-refractivity contribution in [1.29, 1.82) is 0 Å². The van der Waals surface area contributed by atoms with Gasteiger partial charge in [0.25, 0.3) is 5.91 Å². The van der Waals surface area contributed by atoms with Crippen LogP contribution in [0.15, 0.2) is 11.9 Å². The van der Waals surface area contributed by atoms with Gasteiger partial charge in [-0.05, 0) is 6.42 Å². The van der Waals surface area contributed by atoms with E-state index >= 15 is 0 Å². The Bertz CT molecular complexity index is 154. The van der Waals surface area contributed by atoms with Crippen molar-refractivity contribution in [2.45, 2.75) is 13.3 Å². The Morgan fingerprint density at radius 2 is 2.27 bits per heavy atom. The van der Waals surface area contributed by atoms with Crippen LogP contribution in [0.2, 0.25) is 0 Å². The summed E-state index contributed by atoms with van der Waals surface area (Å²) in [6, 6.07) is 0. The maximum Gasteiger partial charge on any atom is 0.268 e. The predicted molar refractivity (Wildman–Crippen MR) is 44.6 cm³/mol. The summed E-state index contributed by atoms with van der Waals surface area (Å²) in [6.07, 6.45) is 2.18. The smallest absolute Gasteiger partial charge is 0.268 e. The first-order chi connectivity index (χ1) is 5.26. The summed E-state index contributed by atoms with van der Waals surface area (Å²) < 4.78 is 0. The molecular weight excluding hydrogens is 142 g/mol. The van der Waals surface area contributed by atoms with Gasteiger partial charge in [0.15, 0.2) is 0 Å². The van der Waals surface area contributed by atoms with E-state index in [1.807, 2.05) is 6.92 Å². The van der Waals surface area contributed by atoms with Gasteiger partial charge < -0.3 is 16.4 Å². The molecule has 11 heavy (non-hydrogen) atoms. The number of rotatable bonds is 4. The van der Waals surface area contributed by atoms with Crippen LogP contribution in [0.25, 0.3) is 0 Å². The maximum absolute atomic E-state index is 11.0. The molecule has 0 radical (unpaired) electrons. The van der Waals surface area contributed by atoms with Crippen LogP contribution in [0.1, 0.15) is 13.3 Å². The number of likely N-dealkylation sites (N-methyl/N-ethyl adjacent to an activating group) is 1. The van der Waals surface area contributed by atoms with Crippen molar-refractivity contribution in [3.05, 3.63) is 11.9 Å². The molecule has 4 N–H and O–H groups in total. The van der Waals surface area contributed by atoms with E-state index in [2.05, 4.69) is 10.6 Å². The van der Waals surface area contributed by atoms with Gasteiger partial charge in [-0.2, -0.15) is 0 Å². The molecule has 0 aromatic heterocycles. The van der Waals surface area contributed by atoms with Crippen LogP contribution in [-0.2, 0) is 4.79 Å². The molecule has 0 aliphatic heterocycles. The lowest BCUT2D eigenvalue weighted by Gasteiger charge is -2.05. The van der Waals surface area contributed by atoms with Crippen LogP contribution in [0, 0.1) is 0 Å². The molecule has 0 fully saturated rings. The molecule has 0 bridgehead atoms. The number of carbonyl (C=O) groups is 1. The average Bonchev–Trinajstić information content (AvgIpc) is 2.03. The first-order valence-electron chi connectivity index (χ1n) is 3.64. The Labute approximate surface area is 66.8 Å². The fourth-order valence-electron chi connectivity index (χ4n) is 0.606. The zero-order valence-electron chi connectivity index (χ0n) is 6.98. The van der Waals surface area contributed by atoms with Gasteiger partial charge in [0.2, 0.25) is 0 Å². The number of carbonyl (C=O) groups excluding carboxylic acids is 1. The van der Waals surface area contributed by atoms with Crippen molar-refractivity contribution in [1.82, 2.24) is 10.6 Å². The van der Waals surface area contributed by atoms with Crippen molar-refractivity contribution in [2.24, 2.45) is 5.73 Å². The van der Waals surface area contributed by atoms with Crippen LogP contribution in [0.4, 0.5) is 0 Å². The summed E-state index contributed by atoms with van der Waals surface area (Å²) in [5.74, 6) is -0.156. The first-order valence-corrected chi connectivity index (χ1v) is 3.64. The predicted octanol–water partition coefficient (Wildman–Crippen LogP) is -0.468. The van der Waals surface area contributed by atoms with E-state index in [1.54, 1.807) is 7.05 Å². The molecule has 0 aliphatic rings. The van der Waals surface area contributed by atoms with Crippen LogP contribution in [0.3, 0.4) is 0 Å². The molecule has 0 saturated carbocycles. The average molecular weight is 157 g/mol. The molecule has 0 unspecified atom stereocenters. The first kappa shape index (κ1) is 9.81. The third-order valence-corrected chi connectivity index (χ3v) is 1.22. The Kier molecular flexibility index (Phi) is 4.98. The number of hydrogen-bond acceptors (Lipinski definition) is 3. The zero-order chi connectivity index (χ0) is 8.69. The molecule has 0 spiro atoms. The topological polar surface area (TPSA) is 67.2 Å². The molecule has 0 atom stereocenters. The van der Waals surface area contributed by atoms with Gasteiger partial charge >= 0.3 is 0 Å². The van der Waals surface area contributed by atoms with E-state index < -0.39 is 0 Å². The third kappa shape index (κ3) is 3.50. The quantitative estimate of drug-likeness (QED) is 0.483. The van der Waals surface area contributed by atoms with E-state index in [0.717, 1.165) is 6.42 Å². The molecular formula is C7H15N3O.